The smallest absolute Gasteiger partial charge is 0.328 e. The first-order chi connectivity index (χ1) is 12.6. The van der Waals surface area contributed by atoms with Crippen molar-refractivity contribution < 1.29 is 19.1 Å². The number of carbonyl (C=O) groups is 2. The average Bonchev–Trinajstić information content (AvgIpc) is 2.67. The highest BCUT2D eigenvalue weighted by molar-refractivity contribution is 5.87. The van der Waals surface area contributed by atoms with Crippen LogP contribution in [0.3, 0.4) is 0 Å². The molecule has 3 N–H and O–H groups in total. The zero-order valence-corrected chi connectivity index (χ0v) is 14.8. The Morgan fingerprint density at radius 1 is 0.962 bits per heavy atom. The molecule has 26 heavy (non-hydrogen) atoms. The third-order valence-corrected chi connectivity index (χ3v) is 3.68. The average molecular weight is 356 g/mol. The molecule has 6 nitrogen and oxygen atoms in total. The van der Waals surface area contributed by atoms with Crippen LogP contribution in [0, 0.1) is 0 Å². The molecule has 0 spiro atoms. The van der Waals surface area contributed by atoms with E-state index in [1.807, 2.05) is 60.7 Å². The predicted molar refractivity (Wildman–Crippen MR) is 97.9 cm³/mol. The summed E-state index contributed by atoms with van der Waals surface area (Å²) in [6.45, 7) is 2.15. The van der Waals surface area contributed by atoms with Crippen molar-refractivity contribution >= 4 is 11.9 Å². The Labute approximate surface area is 153 Å². The van der Waals surface area contributed by atoms with Gasteiger partial charge < -0.3 is 20.5 Å². The Morgan fingerprint density at radius 3 is 2.08 bits per heavy atom. The molecule has 2 aromatic carbocycles. The van der Waals surface area contributed by atoms with E-state index >= 15 is 0 Å². The van der Waals surface area contributed by atoms with Gasteiger partial charge in [0.05, 0.1) is 13.2 Å². The second-order valence-electron chi connectivity index (χ2n) is 5.93. The fraction of sp³-hybridized carbons (Fsp3) is 0.300. The Balaban J connectivity index is 1.68. The van der Waals surface area contributed by atoms with Crippen LogP contribution in [-0.4, -0.2) is 30.6 Å². The second kappa shape index (κ2) is 10.3. The van der Waals surface area contributed by atoms with Crippen LogP contribution in [0.15, 0.2) is 60.7 Å². The summed E-state index contributed by atoms with van der Waals surface area (Å²) in [6.07, 6.45) is 0. The van der Waals surface area contributed by atoms with Crippen LogP contribution in [0.25, 0.3) is 0 Å². The number of amides is 1. The van der Waals surface area contributed by atoms with Crippen molar-refractivity contribution in [2.24, 2.45) is 5.73 Å². The van der Waals surface area contributed by atoms with Crippen molar-refractivity contribution in [2.45, 2.75) is 32.2 Å². The second-order valence-corrected chi connectivity index (χ2v) is 5.93. The van der Waals surface area contributed by atoms with E-state index in [1.165, 1.54) is 0 Å². The molecule has 2 rings (SSSR count). The van der Waals surface area contributed by atoms with Gasteiger partial charge in [0.15, 0.2) is 0 Å². The maximum Gasteiger partial charge on any atom is 0.328 e. The fourth-order valence-corrected chi connectivity index (χ4v) is 2.19. The van der Waals surface area contributed by atoms with Crippen molar-refractivity contribution in [2.75, 3.05) is 6.61 Å². The van der Waals surface area contributed by atoms with Crippen LogP contribution < -0.4 is 11.1 Å². The van der Waals surface area contributed by atoms with Crippen LogP contribution in [-0.2, 0) is 32.3 Å². The number of esters is 1. The third kappa shape index (κ3) is 6.66. The summed E-state index contributed by atoms with van der Waals surface area (Å²) in [5, 5.41) is 2.55. The van der Waals surface area contributed by atoms with Crippen molar-refractivity contribution in [1.29, 1.82) is 0 Å². The van der Waals surface area contributed by atoms with E-state index in [9.17, 15) is 9.59 Å². The monoisotopic (exact) mass is 356 g/mol. The Bertz CT molecular complexity index is 691. The van der Waals surface area contributed by atoms with Gasteiger partial charge >= 0.3 is 5.97 Å². The van der Waals surface area contributed by atoms with Gasteiger partial charge in [-0.3, -0.25) is 4.79 Å². The van der Waals surface area contributed by atoms with Crippen LogP contribution in [0.5, 0.6) is 0 Å². The highest BCUT2D eigenvalue weighted by Gasteiger charge is 2.21. The minimum Gasteiger partial charge on any atom is -0.459 e. The predicted octanol–water partition coefficient (Wildman–Crippen LogP) is 1.78. The molecule has 0 saturated heterocycles. The van der Waals surface area contributed by atoms with E-state index in [-0.39, 0.29) is 13.2 Å². The largest absolute Gasteiger partial charge is 0.459 e. The molecular weight excluding hydrogens is 332 g/mol. The number of benzene rings is 2. The molecule has 1 amide bonds. The molecular formula is C20H24N2O4. The molecule has 0 radical (unpaired) electrons. The molecule has 2 aromatic rings. The van der Waals surface area contributed by atoms with Gasteiger partial charge in [-0.15, -0.1) is 0 Å². The number of hydrogen-bond acceptors (Lipinski definition) is 5. The summed E-state index contributed by atoms with van der Waals surface area (Å²) in [5.41, 5.74) is 7.68. The van der Waals surface area contributed by atoms with Crippen molar-refractivity contribution in [3.63, 3.8) is 0 Å². The van der Waals surface area contributed by atoms with Crippen LogP contribution in [0.4, 0.5) is 0 Å². The van der Waals surface area contributed by atoms with Gasteiger partial charge in [-0.1, -0.05) is 60.7 Å². The Kier molecular flexibility index (Phi) is 7.79. The standard InChI is InChI=1S/C20H24N2O4/c1-15(20(24)26-13-17-10-6-3-7-11-17)22-19(23)18(21)14-25-12-16-8-4-2-5-9-16/h2-11,15,18H,12-14,21H2,1H3,(H,22,23)/t15-,18-/m0/s1. The van der Waals surface area contributed by atoms with E-state index in [4.69, 9.17) is 15.2 Å². The van der Waals surface area contributed by atoms with Gasteiger partial charge in [0, 0.05) is 0 Å². The molecule has 0 saturated carbocycles. The highest BCUT2D eigenvalue weighted by Crippen LogP contribution is 2.03. The Morgan fingerprint density at radius 2 is 1.50 bits per heavy atom. The molecule has 2 atom stereocenters. The highest BCUT2D eigenvalue weighted by atomic mass is 16.5. The van der Waals surface area contributed by atoms with Crippen molar-refractivity contribution in [3.8, 4) is 0 Å². The minimum absolute atomic E-state index is 0.0620. The molecule has 0 aliphatic carbocycles. The van der Waals surface area contributed by atoms with E-state index in [0.717, 1.165) is 11.1 Å². The zero-order valence-electron chi connectivity index (χ0n) is 14.8. The number of nitrogens with two attached hydrogens (primary N) is 1. The first-order valence-electron chi connectivity index (χ1n) is 8.44. The van der Waals surface area contributed by atoms with E-state index < -0.39 is 24.0 Å². The summed E-state index contributed by atoms with van der Waals surface area (Å²) in [5.74, 6) is -0.971. The first kappa shape index (κ1) is 19.6. The van der Waals surface area contributed by atoms with Gasteiger partial charge in [-0.05, 0) is 18.1 Å². The number of carbonyl (C=O) groups excluding carboxylic acids is 2. The SMILES string of the molecule is C[C@H](NC(=O)[C@@H](N)COCc1ccccc1)C(=O)OCc1ccccc1. The molecule has 0 heterocycles. The molecule has 6 heteroatoms. The minimum atomic E-state index is -0.858. The van der Waals surface area contributed by atoms with E-state index in [1.54, 1.807) is 6.92 Å². The third-order valence-electron chi connectivity index (χ3n) is 3.68. The quantitative estimate of drug-likeness (QED) is 0.669. The molecule has 0 aromatic heterocycles. The molecule has 0 aliphatic rings. The maximum absolute atomic E-state index is 12.1. The molecule has 0 bridgehead atoms. The lowest BCUT2D eigenvalue weighted by Gasteiger charge is -2.17. The molecule has 0 fully saturated rings. The lowest BCUT2D eigenvalue weighted by atomic mass is 10.2. The van der Waals surface area contributed by atoms with Crippen molar-refractivity contribution in [1.82, 2.24) is 5.32 Å². The lowest BCUT2D eigenvalue weighted by Crippen LogP contribution is -2.49. The number of nitrogens with one attached hydrogen (secondary N) is 1. The Hall–Kier alpha value is -2.70. The van der Waals surface area contributed by atoms with Crippen molar-refractivity contribution in [3.05, 3.63) is 71.8 Å². The van der Waals surface area contributed by atoms with Crippen LogP contribution >= 0.6 is 0 Å². The van der Waals surface area contributed by atoms with Gasteiger partial charge in [0.1, 0.15) is 18.7 Å². The molecule has 0 aliphatic heterocycles. The van der Waals surface area contributed by atoms with Gasteiger partial charge in [-0.2, -0.15) is 0 Å². The normalized spacial score (nSPS) is 12.8. The fourth-order valence-electron chi connectivity index (χ4n) is 2.19. The summed E-state index contributed by atoms with van der Waals surface area (Å²) >= 11 is 0. The first-order valence-corrected chi connectivity index (χ1v) is 8.44. The topological polar surface area (TPSA) is 90.7 Å². The number of rotatable bonds is 9. The summed E-state index contributed by atoms with van der Waals surface area (Å²) in [7, 11) is 0. The molecule has 138 valence electrons. The van der Waals surface area contributed by atoms with E-state index in [2.05, 4.69) is 5.32 Å². The van der Waals surface area contributed by atoms with Gasteiger partial charge in [0.25, 0.3) is 0 Å². The van der Waals surface area contributed by atoms with Gasteiger partial charge in [0.2, 0.25) is 5.91 Å². The molecule has 0 unspecified atom stereocenters. The summed E-state index contributed by atoms with van der Waals surface area (Å²) in [6, 6.07) is 17.3. The number of hydrogen-bond donors (Lipinski definition) is 2. The van der Waals surface area contributed by atoms with Crippen LogP contribution in [0.2, 0.25) is 0 Å². The maximum atomic E-state index is 12.1. The summed E-state index contributed by atoms with van der Waals surface area (Å²) < 4.78 is 10.6. The number of ether oxygens (including phenoxy) is 2. The van der Waals surface area contributed by atoms with E-state index in [0.29, 0.717) is 6.61 Å². The van der Waals surface area contributed by atoms with Crippen LogP contribution in [0.1, 0.15) is 18.1 Å². The van der Waals surface area contributed by atoms with Gasteiger partial charge in [-0.25, -0.2) is 4.79 Å². The lowest BCUT2D eigenvalue weighted by molar-refractivity contribution is -0.148. The summed E-state index contributed by atoms with van der Waals surface area (Å²) in [4.78, 5) is 24.0. The zero-order chi connectivity index (χ0) is 18.8.